The zero-order valence-corrected chi connectivity index (χ0v) is 12.6. The Morgan fingerprint density at radius 2 is 2.28 bits per heavy atom. The largest absolute Gasteiger partial charge is 0.374 e. The van der Waals surface area contributed by atoms with Gasteiger partial charge in [0.25, 0.3) is 0 Å². The van der Waals surface area contributed by atoms with Crippen LogP contribution in [0.3, 0.4) is 0 Å². The average molecular weight is 331 g/mol. The number of anilines is 1. The molecule has 1 saturated carbocycles. The number of nitrogens with zero attached hydrogens (tertiary/aromatic N) is 1. The predicted octanol–water partition coefficient (Wildman–Crippen LogP) is 3.95. The van der Waals surface area contributed by atoms with Crippen molar-refractivity contribution in [3.8, 4) is 0 Å². The molecule has 3 rings (SSSR count). The van der Waals surface area contributed by atoms with Crippen LogP contribution < -0.4 is 4.90 Å². The second kappa shape index (κ2) is 5.40. The number of halogens is 2. The lowest BCUT2D eigenvalue weighted by molar-refractivity contribution is 0.0256. The molecule has 0 bridgehead atoms. The number of benzene rings is 1. The Balaban J connectivity index is 1.93. The summed E-state index contributed by atoms with van der Waals surface area (Å²) < 4.78 is 6.96. The molecule has 0 aromatic heterocycles. The fraction of sp³-hybridized carbons (Fsp3) is 0.571. The van der Waals surface area contributed by atoms with E-state index < -0.39 is 0 Å². The zero-order valence-electron chi connectivity index (χ0n) is 10.2. The van der Waals surface area contributed by atoms with Crippen LogP contribution in [0.4, 0.5) is 5.69 Å². The fourth-order valence-electron chi connectivity index (χ4n) is 3.17. The van der Waals surface area contributed by atoms with Gasteiger partial charge in [0.1, 0.15) is 0 Å². The number of alkyl halides is 1. The van der Waals surface area contributed by atoms with Gasteiger partial charge in [0.2, 0.25) is 0 Å². The molecule has 1 saturated heterocycles. The minimum atomic E-state index is 0.422. The molecule has 0 spiro atoms. The second-order valence-corrected chi connectivity index (χ2v) is 6.19. The number of hydrogen-bond acceptors (Lipinski definition) is 2. The lowest BCUT2D eigenvalue weighted by atomic mass is 10.1. The lowest BCUT2D eigenvalue weighted by Crippen LogP contribution is -2.49. The van der Waals surface area contributed by atoms with E-state index in [0.29, 0.717) is 18.0 Å². The van der Waals surface area contributed by atoms with Crippen molar-refractivity contribution in [2.75, 3.05) is 18.1 Å². The maximum absolute atomic E-state index is 6.09. The third-order valence-electron chi connectivity index (χ3n) is 3.98. The van der Waals surface area contributed by atoms with Gasteiger partial charge in [0.15, 0.2) is 0 Å². The first-order chi connectivity index (χ1) is 8.79. The van der Waals surface area contributed by atoms with Crippen LogP contribution in [0.5, 0.6) is 0 Å². The highest BCUT2D eigenvalue weighted by molar-refractivity contribution is 9.10. The number of hydrogen-bond donors (Lipinski definition) is 0. The highest BCUT2D eigenvalue weighted by Gasteiger charge is 2.36. The molecular weight excluding hydrogens is 314 g/mol. The van der Waals surface area contributed by atoms with Gasteiger partial charge in [-0.2, -0.15) is 0 Å². The molecular formula is C14H17BrClNO. The van der Waals surface area contributed by atoms with Crippen LogP contribution in [0.25, 0.3) is 0 Å². The first-order valence-corrected chi connectivity index (χ1v) is 7.85. The minimum Gasteiger partial charge on any atom is -0.374 e. The lowest BCUT2D eigenvalue weighted by Gasteiger charge is -2.40. The molecule has 4 heteroatoms. The molecule has 2 unspecified atom stereocenters. The van der Waals surface area contributed by atoms with Crippen molar-refractivity contribution < 1.29 is 4.74 Å². The van der Waals surface area contributed by atoms with Crippen molar-refractivity contribution in [1.29, 1.82) is 0 Å². The van der Waals surface area contributed by atoms with Crippen LogP contribution in [0.15, 0.2) is 22.7 Å². The number of rotatable bonds is 2. The first kappa shape index (κ1) is 12.8. The van der Waals surface area contributed by atoms with Crippen LogP contribution in [-0.2, 0) is 10.6 Å². The first-order valence-electron chi connectivity index (χ1n) is 6.52. The molecule has 1 aromatic carbocycles. The standard InChI is InChI=1S/C14H17BrClNO/c15-11-4-5-12(10(8-11)9-16)17-6-7-18-14-3-1-2-13(14)17/h4-5,8,13-14H,1-3,6-7,9H2. The van der Waals surface area contributed by atoms with Gasteiger partial charge in [-0.3, -0.25) is 0 Å². The fourth-order valence-corrected chi connectivity index (χ4v) is 3.79. The monoisotopic (exact) mass is 329 g/mol. The van der Waals surface area contributed by atoms with Crippen molar-refractivity contribution in [2.24, 2.45) is 0 Å². The van der Waals surface area contributed by atoms with Gasteiger partial charge in [0, 0.05) is 22.6 Å². The van der Waals surface area contributed by atoms with E-state index in [1.54, 1.807) is 0 Å². The summed E-state index contributed by atoms with van der Waals surface area (Å²) in [6, 6.07) is 6.96. The third kappa shape index (κ3) is 2.28. The van der Waals surface area contributed by atoms with Crippen molar-refractivity contribution in [2.45, 2.75) is 37.3 Å². The molecule has 2 fully saturated rings. The normalized spacial score (nSPS) is 27.3. The van der Waals surface area contributed by atoms with Gasteiger partial charge >= 0.3 is 0 Å². The molecule has 0 amide bonds. The van der Waals surface area contributed by atoms with Crippen LogP contribution in [0, 0.1) is 0 Å². The Kier molecular flexibility index (Phi) is 3.83. The predicted molar refractivity (Wildman–Crippen MR) is 78.4 cm³/mol. The summed E-state index contributed by atoms with van der Waals surface area (Å²) in [4.78, 5) is 2.51. The number of fused-ring (bicyclic) bond motifs is 1. The topological polar surface area (TPSA) is 12.5 Å². The summed E-state index contributed by atoms with van der Waals surface area (Å²) in [5.41, 5.74) is 2.49. The Hall–Kier alpha value is -0.250. The number of morpholine rings is 1. The maximum atomic E-state index is 6.09. The van der Waals surface area contributed by atoms with Crippen molar-refractivity contribution in [3.63, 3.8) is 0 Å². The molecule has 98 valence electrons. The van der Waals surface area contributed by atoms with Crippen molar-refractivity contribution in [1.82, 2.24) is 0 Å². The van der Waals surface area contributed by atoms with Gasteiger partial charge < -0.3 is 9.64 Å². The molecule has 0 N–H and O–H groups in total. The van der Waals surface area contributed by atoms with Crippen molar-refractivity contribution in [3.05, 3.63) is 28.2 Å². The minimum absolute atomic E-state index is 0.422. The summed E-state index contributed by atoms with van der Waals surface area (Å²) in [7, 11) is 0. The quantitative estimate of drug-likeness (QED) is 0.761. The highest BCUT2D eigenvalue weighted by atomic mass is 79.9. The van der Waals surface area contributed by atoms with Crippen molar-refractivity contribution >= 4 is 33.2 Å². The molecule has 2 aliphatic rings. The Bertz CT molecular complexity index is 440. The van der Waals surface area contributed by atoms with E-state index in [9.17, 15) is 0 Å². The molecule has 18 heavy (non-hydrogen) atoms. The molecule has 0 radical (unpaired) electrons. The van der Waals surface area contributed by atoms with Crippen LogP contribution in [0.1, 0.15) is 24.8 Å². The smallest absolute Gasteiger partial charge is 0.0779 e. The van der Waals surface area contributed by atoms with Crippen LogP contribution >= 0.6 is 27.5 Å². The second-order valence-electron chi connectivity index (χ2n) is 5.01. The maximum Gasteiger partial charge on any atom is 0.0779 e. The summed E-state index contributed by atoms with van der Waals surface area (Å²) in [5, 5.41) is 0. The van der Waals surface area contributed by atoms with E-state index in [1.165, 1.54) is 30.5 Å². The molecule has 1 aliphatic heterocycles. The van der Waals surface area contributed by atoms with E-state index >= 15 is 0 Å². The van der Waals surface area contributed by atoms with Gasteiger partial charge in [0.05, 0.1) is 18.8 Å². The molecule has 1 heterocycles. The average Bonchev–Trinajstić information content (AvgIpc) is 2.86. The van der Waals surface area contributed by atoms with Crippen LogP contribution in [0.2, 0.25) is 0 Å². The molecule has 2 atom stereocenters. The number of ether oxygens (including phenoxy) is 1. The van der Waals surface area contributed by atoms with Crippen LogP contribution in [-0.4, -0.2) is 25.3 Å². The highest BCUT2D eigenvalue weighted by Crippen LogP contribution is 2.35. The Labute approximate surface area is 121 Å². The molecule has 1 aromatic rings. The zero-order chi connectivity index (χ0) is 12.5. The van der Waals surface area contributed by atoms with E-state index in [2.05, 4.69) is 39.0 Å². The Morgan fingerprint density at radius 1 is 1.39 bits per heavy atom. The van der Waals surface area contributed by atoms with E-state index in [0.717, 1.165) is 17.6 Å². The van der Waals surface area contributed by atoms with Gasteiger partial charge in [-0.25, -0.2) is 0 Å². The summed E-state index contributed by atoms with van der Waals surface area (Å²) in [6.07, 6.45) is 4.14. The van der Waals surface area contributed by atoms with E-state index in [1.807, 2.05) is 0 Å². The molecule has 1 aliphatic carbocycles. The molecule has 2 nitrogen and oxygen atoms in total. The van der Waals surface area contributed by atoms with Gasteiger partial charge in [-0.1, -0.05) is 15.9 Å². The van der Waals surface area contributed by atoms with Gasteiger partial charge in [-0.15, -0.1) is 11.6 Å². The third-order valence-corrected chi connectivity index (χ3v) is 4.76. The van der Waals surface area contributed by atoms with Gasteiger partial charge in [-0.05, 0) is 43.0 Å². The summed E-state index contributed by atoms with van der Waals surface area (Å²) >= 11 is 9.60. The SMILES string of the molecule is ClCc1cc(Br)ccc1N1CCOC2CCCC21. The summed E-state index contributed by atoms with van der Waals surface area (Å²) in [6.45, 7) is 1.81. The van der Waals surface area contributed by atoms with E-state index in [4.69, 9.17) is 16.3 Å². The van der Waals surface area contributed by atoms with E-state index in [-0.39, 0.29) is 0 Å². The Morgan fingerprint density at radius 3 is 3.11 bits per heavy atom. The summed E-state index contributed by atoms with van der Waals surface area (Å²) in [5.74, 6) is 0.559.